The number of hydrogen-bond donors (Lipinski definition) is 1. The number of fused-ring (bicyclic) bond motifs is 2. The molecule has 6 nitrogen and oxygen atoms in total. The molecule has 3 aromatic carbocycles. The number of para-hydroxylation sites is 1. The minimum absolute atomic E-state index is 0.0386. The van der Waals surface area contributed by atoms with Gasteiger partial charge in [-0.05, 0) is 47.2 Å². The van der Waals surface area contributed by atoms with Gasteiger partial charge >= 0.3 is 6.03 Å². The highest BCUT2D eigenvalue weighted by Crippen LogP contribution is 2.46. The van der Waals surface area contributed by atoms with Crippen LogP contribution >= 0.6 is 0 Å². The normalized spacial score (nSPS) is 26.7. The number of urea groups is 1. The van der Waals surface area contributed by atoms with E-state index in [1.807, 2.05) is 29.2 Å². The van der Waals surface area contributed by atoms with Crippen LogP contribution in [-0.4, -0.2) is 59.4 Å². The summed E-state index contributed by atoms with van der Waals surface area (Å²) in [6, 6.07) is 21.6. The Labute approximate surface area is 199 Å². The van der Waals surface area contributed by atoms with Crippen molar-refractivity contribution in [1.82, 2.24) is 14.7 Å². The average molecular weight is 453 g/mol. The monoisotopic (exact) mass is 452 g/mol. The van der Waals surface area contributed by atoms with Gasteiger partial charge in [-0.1, -0.05) is 54.6 Å². The van der Waals surface area contributed by atoms with Crippen LogP contribution in [-0.2, 0) is 16.8 Å². The Morgan fingerprint density at radius 2 is 1.71 bits per heavy atom. The number of benzene rings is 3. The van der Waals surface area contributed by atoms with E-state index in [0.717, 1.165) is 43.6 Å². The molecule has 1 N–H and O–H groups in total. The third-order valence-electron chi connectivity index (χ3n) is 8.68. The van der Waals surface area contributed by atoms with Crippen molar-refractivity contribution >= 4 is 28.4 Å². The lowest BCUT2D eigenvalue weighted by Gasteiger charge is -2.39. The molecule has 2 fully saturated rings. The van der Waals surface area contributed by atoms with Crippen LogP contribution in [0.3, 0.4) is 0 Å². The van der Waals surface area contributed by atoms with Gasteiger partial charge in [0.05, 0.1) is 6.54 Å². The molecule has 4 aliphatic rings. The van der Waals surface area contributed by atoms with Crippen molar-refractivity contribution in [1.29, 1.82) is 0 Å². The van der Waals surface area contributed by atoms with Crippen LogP contribution in [0.4, 0.5) is 10.5 Å². The van der Waals surface area contributed by atoms with Gasteiger partial charge in [0.15, 0.2) is 5.54 Å². The Kier molecular flexibility index (Phi) is 4.16. The first-order valence-electron chi connectivity index (χ1n) is 12.3. The molecule has 7 rings (SSSR count). The number of likely N-dealkylation sites (N-methyl/N-ethyl adjacent to an activating group) is 1. The molecule has 1 aliphatic carbocycles. The summed E-state index contributed by atoms with van der Waals surface area (Å²) >= 11 is 0. The summed E-state index contributed by atoms with van der Waals surface area (Å²) in [4.78, 5) is 32.7. The quantitative estimate of drug-likeness (QED) is 0.637. The highest BCUT2D eigenvalue weighted by Gasteiger charge is 2.59. The van der Waals surface area contributed by atoms with Gasteiger partial charge in [0.1, 0.15) is 0 Å². The summed E-state index contributed by atoms with van der Waals surface area (Å²) < 4.78 is 0. The van der Waals surface area contributed by atoms with Crippen molar-refractivity contribution < 1.29 is 9.59 Å². The number of nitrogens with one attached hydrogen (secondary N) is 1. The third kappa shape index (κ3) is 2.55. The standard InChI is InChI=1S/C28H28N4O2/c1-30-27(34)32(17-28(30)22-10-2-3-11-23(22)29-26(28)33)20-12-14-31(15-13-20)24-16-19-8-4-6-18-7-5-9-21(24)25(18)19/h2-11,20,24H,12-17H2,1H3,(H,29,33). The van der Waals surface area contributed by atoms with Gasteiger partial charge in [0.25, 0.3) is 5.91 Å². The SMILES string of the molecule is CN1C(=O)N(C2CCN(C3Cc4cccc5cccc3c45)CC2)CC12C(=O)Nc1ccccc12. The fourth-order valence-electron chi connectivity index (χ4n) is 6.90. The largest absolute Gasteiger partial charge is 0.323 e. The number of nitrogens with zero attached hydrogens (tertiary/aromatic N) is 3. The average Bonchev–Trinajstić information content (AvgIpc) is 3.47. The molecule has 3 amide bonds. The molecule has 1 spiro atoms. The zero-order chi connectivity index (χ0) is 23.0. The van der Waals surface area contributed by atoms with E-state index in [4.69, 9.17) is 0 Å². The molecule has 2 unspecified atom stereocenters. The predicted molar refractivity (Wildman–Crippen MR) is 132 cm³/mol. The number of hydrogen-bond acceptors (Lipinski definition) is 3. The lowest BCUT2D eigenvalue weighted by molar-refractivity contribution is -0.124. The molecular weight excluding hydrogens is 424 g/mol. The van der Waals surface area contributed by atoms with E-state index in [2.05, 4.69) is 46.6 Å². The number of likely N-dealkylation sites (tertiary alicyclic amines) is 1. The summed E-state index contributed by atoms with van der Waals surface area (Å²) in [6.45, 7) is 2.34. The van der Waals surface area contributed by atoms with E-state index < -0.39 is 5.54 Å². The number of anilines is 1. The van der Waals surface area contributed by atoms with Crippen molar-refractivity contribution in [3.63, 3.8) is 0 Å². The number of amides is 3. The van der Waals surface area contributed by atoms with Crippen molar-refractivity contribution in [2.75, 3.05) is 32.0 Å². The highest BCUT2D eigenvalue weighted by atomic mass is 16.2. The Hall–Kier alpha value is -3.38. The predicted octanol–water partition coefficient (Wildman–Crippen LogP) is 4.12. The van der Waals surface area contributed by atoms with Crippen LogP contribution in [0.2, 0.25) is 0 Å². The zero-order valence-corrected chi connectivity index (χ0v) is 19.3. The maximum atomic E-state index is 13.4. The summed E-state index contributed by atoms with van der Waals surface area (Å²) in [6.07, 6.45) is 2.93. The molecule has 3 heterocycles. The lowest BCUT2D eigenvalue weighted by Crippen LogP contribution is -2.48. The van der Waals surface area contributed by atoms with Gasteiger partial charge in [-0.2, -0.15) is 0 Å². The Bertz CT molecular complexity index is 1340. The molecule has 0 radical (unpaired) electrons. The molecule has 0 bridgehead atoms. The van der Waals surface area contributed by atoms with E-state index in [0.29, 0.717) is 12.6 Å². The molecule has 0 aromatic heterocycles. The van der Waals surface area contributed by atoms with E-state index in [9.17, 15) is 9.59 Å². The number of rotatable bonds is 2. The lowest BCUT2D eigenvalue weighted by atomic mass is 9.90. The fraction of sp³-hybridized carbons (Fsp3) is 0.357. The van der Waals surface area contributed by atoms with Gasteiger partial charge in [0, 0.05) is 43.5 Å². The smallest absolute Gasteiger partial charge is 0.321 e. The minimum atomic E-state index is -0.923. The Balaban J connectivity index is 1.11. The molecule has 172 valence electrons. The van der Waals surface area contributed by atoms with Crippen LogP contribution < -0.4 is 5.32 Å². The molecule has 3 aliphatic heterocycles. The number of piperidine rings is 1. The molecule has 2 atom stereocenters. The molecule has 6 heteroatoms. The van der Waals surface area contributed by atoms with Gasteiger partial charge < -0.3 is 15.1 Å². The van der Waals surface area contributed by atoms with E-state index in [1.165, 1.54) is 21.9 Å². The van der Waals surface area contributed by atoms with Crippen molar-refractivity contribution in [3.05, 3.63) is 77.4 Å². The van der Waals surface area contributed by atoms with Crippen molar-refractivity contribution in [3.8, 4) is 0 Å². The fourth-order valence-corrected chi connectivity index (χ4v) is 6.90. The second-order valence-corrected chi connectivity index (χ2v) is 10.2. The summed E-state index contributed by atoms with van der Waals surface area (Å²) in [5.74, 6) is -0.0960. The molecule has 34 heavy (non-hydrogen) atoms. The first-order chi connectivity index (χ1) is 16.6. The van der Waals surface area contributed by atoms with Crippen LogP contribution in [0.1, 0.15) is 35.6 Å². The van der Waals surface area contributed by atoms with Gasteiger partial charge in [-0.3, -0.25) is 9.69 Å². The van der Waals surface area contributed by atoms with Crippen molar-refractivity contribution in [2.24, 2.45) is 0 Å². The van der Waals surface area contributed by atoms with E-state index in [1.54, 1.807) is 11.9 Å². The first kappa shape index (κ1) is 20.0. The van der Waals surface area contributed by atoms with E-state index >= 15 is 0 Å². The first-order valence-corrected chi connectivity index (χ1v) is 12.3. The number of carbonyl (C=O) groups is 2. The Morgan fingerprint density at radius 3 is 2.53 bits per heavy atom. The number of carbonyl (C=O) groups excluding carboxylic acids is 2. The summed E-state index contributed by atoms with van der Waals surface area (Å²) in [5, 5.41) is 5.76. The molecular formula is C28H28N4O2. The van der Waals surface area contributed by atoms with Crippen LogP contribution in [0.15, 0.2) is 60.7 Å². The topological polar surface area (TPSA) is 55.9 Å². The second-order valence-electron chi connectivity index (χ2n) is 10.2. The second kappa shape index (κ2) is 7.06. The maximum Gasteiger partial charge on any atom is 0.321 e. The van der Waals surface area contributed by atoms with Gasteiger partial charge in [0.2, 0.25) is 0 Å². The minimum Gasteiger partial charge on any atom is -0.323 e. The summed E-state index contributed by atoms with van der Waals surface area (Å²) in [7, 11) is 1.77. The molecule has 2 saturated heterocycles. The zero-order valence-electron chi connectivity index (χ0n) is 19.3. The Morgan fingerprint density at radius 1 is 0.941 bits per heavy atom. The van der Waals surface area contributed by atoms with Crippen LogP contribution in [0.25, 0.3) is 10.8 Å². The van der Waals surface area contributed by atoms with Gasteiger partial charge in [-0.15, -0.1) is 0 Å². The molecule has 3 aromatic rings. The van der Waals surface area contributed by atoms with Gasteiger partial charge in [-0.25, -0.2) is 4.79 Å². The third-order valence-corrected chi connectivity index (χ3v) is 8.68. The van der Waals surface area contributed by atoms with E-state index in [-0.39, 0.29) is 18.0 Å². The van der Waals surface area contributed by atoms with Crippen molar-refractivity contribution in [2.45, 2.75) is 36.9 Å². The maximum absolute atomic E-state index is 13.4. The van der Waals surface area contributed by atoms with Crippen LogP contribution in [0, 0.1) is 0 Å². The highest BCUT2D eigenvalue weighted by molar-refractivity contribution is 6.09. The summed E-state index contributed by atoms with van der Waals surface area (Å²) in [5.41, 5.74) is 3.70. The molecule has 0 saturated carbocycles. The van der Waals surface area contributed by atoms with Crippen LogP contribution in [0.5, 0.6) is 0 Å².